The molecule has 1 fully saturated rings. The average molecular weight is 419 g/mol. The van der Waals surface area contributed by atoms with E-state index in [4.69, 9.17) is 0 Å². The molecule has 3 aliphatic rings. The molecule has 0 radical (unpaired) electrons. The van der Waals surface area contributed by atoms with Gasteiger partial charge in [-0.2, -0.15) is 0 Å². The highest BCUT2D eigenvalue weighted by molar-refractivity contribution is 7.98. The van der Waals surface area contributed by atoms with Crippen molar-refractivity contribution in [2.24, 2.45) is 11.8 Å². The fourth-order valence-corrected chi connectivity index (χ4v) is 5.67. The minimum Gasteiger partial charge on any atom is -0.378 e. The van der Waals surface area contributed by atoms with E-state index in [0.717, 1.165) is 43.8 Å². The highest BCUT2D eigenvalue weighted by Crippen LogP contribution is 2.50. The molecule has 5 rings (SSSR count). The van der Waals surface area contributed by atoms with Gasteiger partial charge in [-0.05, 0) is 78.8 Å². The third kappa shape index (κ3) is 3.56. The number of nitrogens with zero attached hydrogens (tertiary/aromatic N) is 1. The van der Waals surface area contributed by atoms with Gasteiger partial charge in [0, 0.05) is 35.2 Å². The Bertz CT molecular complexity index is 959. The van der Waals surface area contributed by atoms with Crippen molar-refractivity contribution in [3.8, 4) is 0 Å². The molecule has 4 heteroatoms. The Hall–Kier alpha value is -2.20. The molecular weight excluding hydrogens is 388 g/mol. The lowest BCUT2D eigenvalue weighted by Crippen LogP contribution is -2.38. The van der Waals surface area contributed by atoms with Crippen molar-refractivity contribution in [1.82, 2.24) is 4.90 Å². The SMILES string of the molecule is CSc1ccc(C2Nc3ccc(C(=O)N4CCC(C)CC4)cc3C3C=CCC32)cc1. The van der Waals surface area contributed by atoms with Crippen LogP contribution in [0.15, 0.2) is 59.5 Å². The number of allylic oxidation sites excluding steroid dienone is 2. The summed E-state index contributed by atoms with van der Waals surface area (Å²) in [7, 11) is 0. The van der Waals surface area contributed by atoms with Crippen LogP contribution in [0.2, 0.25) is 0 Å². The third-order valence-electron chi connectivity index (χ3n) is 7.16. The number of rotatable bonds is 3. The quantitative estimate of drug-likeness (QED) is 0.482. The summed E-state index contributed by atoms with van der Waals surface area (Å²) in [6, 6.07) is 15.6. The van der Waals surface area contributed by atoms with Crippen molar-refractivity contribution in [2.45, 2.75) is 43.0 Å². The van der Waals surface area contributed by atoms with E-state index in [1.54, 1.807) is 11.8 Å². The molecule has 2 aromatic carbocycles. The van der Waals surface area contributed by atoms with Crippen LogP contribution >= 0.6 is 11.8 Å². The van der Waals surface area contributed by atoms with E-state index in [-0.39, 0.29) is 5.91 Å². The molecule has 1 N–H and O–H groups in total. The predicted octanol–water partition coefficient (Wildman–Crippen LogP) is 6.11. The van der Waals surface area contributed by atoms with Gasteiger partial charge in [0.15, 0.2) is 0 Å². The van der Waals surface area contributed by atoms with Crippen molar-refractivity contribution in [3.05, 3.63) is 71.3 Å². The first-order valence-electron chi connectivity index (χ1n) is 11.1. The number of anilines is 1. The zero-order chi connectivity index (χ0) is 20.7. The van der Waals surface area contributed by atoms with Crippen LogP contribution in [0.1, 0.15) is 59.6 Å². The normalized spacial score (nSPS) is 25.5. The lowest BCUT2D eigenvalue weighted by Gasteiger charge is -2.38. The molecule has 3 atom stereocenters. The van der Waals surface area contributed by atoms with Crippen molar-refractivity contribution in [3.63, 3.8) is 0 Å². The van der Waals surface area contributed by atoms with E-state index in [2.05, 4.69) is 67.0 Å². The van der Waals surface area contributed by atoms with Gasteiger partial charge in [-0.15, -0.1) is 11.8 Å². The van der Waals surface area contributed by atoms with Crippen LogP contribution in [0.5, 0.6) is 0 Å². The summed E-state index contributed by atoms with van der Waals surface area (Å²) < 4.78 is 0. The van der Waals surface area contributed by atoms with Gasteiger partial charge >= 0.3 is 0 Å². The van der Waals surface area contributed by atoms with Crippen LogP contribution in [0.4, 0.5) is 5.69 Å². The summed E-state index contributed by atoms with van der Waals surface area (Å²) >= 11 is 1.78. The number of hydrogen-bond acceptors (Lipinski definition) is 3. The van der Waals surface area contributed by atoms with Gasteiger partial charge in [-0.25, -0.2) is 0 Å². The van der Waals surface area contributed by atoms with E-state index in [1.165, 1.54) is 21.7 Å². The lowest BCUT2D eigenvalue weighted by molar-refractivity contribution is 0.0697. The van der Waals surface area contributed by atoms with Crippen LogP contribution < -0.4 is 5.32 Å². The molecular formula is C26H30N2OS. The van der Waals surface area contributed by atoms with Crippen molar-refractivity contribution >= 4 is 23.4 Å². The summed E-state index contributed by atoms with van der Waals surface area (Å²) in [6.45, 7) is 4.05. The number of nitrogens with one attached hydrogen (secondary N) is 1. The number of benzene rings is 2. The Morgan fingerprint density at radius 1 is 1.10 bits per heavy atom. The highest BCUT2D eigenvalue weighted by Gasteiger charge is 2.38. The van der Waals surface area contributed by atoms with Crippen LogP contribution in [0.25, 0.3) is 0 Å². The number of thioether (sulfide) groups is 1. The number of carbonyl (C=O) groups is 1. The van der Waals surface area contributed by atoms with E-state index in [9.17, 15) is 4.79 Å². The second kappa shape index (κ2) is 8.14. The molecule has 156 valence electrons. The minimum atomic E-state index is 0.193. The average Bonchev–Trinajstić information content (AvgIpc) is 3.29. The molecule has 0 bridgehead atoms. The number of carbonyl (C=O) groups excluding carboxylic acids is 1. The topological polar surface area (TPSA) is 32.3 Å². The van der Waals surface area contributed by atoms with Crippen LogP contribution in [0, 0.1) is 11.8 Å². The second-order valence-electron chi connectivity index (χ2n) is 9.03. The van der Waals surface area contributed by atoms with E-state index in [0.29, 0.717) is 17.9 Å². The maximum atomic E-state index is 13.1. The number of piperidine rings is 1. The first-order chi connectivity index (χ1) is 14.6. The van der Waals surface area contributed by atoms with Gasteiger partial charge < -0.3 is 10.2 Å². The first kappa shape index (κ1) is 19.7. The zero-order valence-corrected chi connectivity index (χ0v) is 18.6. The van der Waals surface area contributed by atoms with Crippen molar-refractivity contribution in [2.75, 3.05) is 24.7 Å². The Morgan fingerprint density at radius 2 is 1.87 bits per heavy atom. The molecule has 0 aromatic heterocycles. The first-order valence-corrected chi connectivity index (χ1v) is 12.4. The second-order valence-corrected chi connectivity index (χ2v) is 9.91. The van der Waals surface area contributed by atoms with Gasteiger partial charge in [0.05, 0.1) is 6.04 Å². The standard InChI is InChI=1S/C26H30N2OS/c1-17-12-14-28(15-13-17)26(29)19-8-11-24-23(16-19)21-4-3-5-22(21)25(27-24)18-6-9-20(30-2)10-7-18/h3-4,6-11,16-17,21-22,25,27H,5,12-15H2,1-2H3. The zero-order valence-electron chi connectivity index (χ0n) is 17.8. The molecule has 2 aliphatic heterocycles. The summed E-state index contributed by atoms with van der Waals surface area (Å²) in [5, 5.41) is 3.80. The Morgan fingerprint density at radius 3 is 2.60 bits per heavy atom. The van der Waals surface area contributed by atoms with Gasteiger partial charge in [0.25, 0.3) is 5.91 Å². The number of amides is 1. The fourth-order valence-electron chi connectivity index (χ4n) is 5.26. The molecule has 1 saturated heterocycles. The summed E-state index contributed by atoms with van der Waals surface area (Å²) in [6.07, 6.45) is 10.1. The highest BCUT2D eigenvalue weighted by atomic mass is 32.2. The van der Waals surface area contributed by atoms with Gasteiger partial charge in [0.2, 0.25) is 0 Å². The molecule has 0 saturated carbocycles. The van der Waals surface area contributed by atoms with Gasteiger partial charge in [-0.1, -0.05) is 31.2 Å². The van der Waals surface area contributed by atoms with E-state index >= 15 is 0 Å². The fraction of sp³-hybridized carbons (Fsp3) is 0.423. The van der Waals surface area contributed by atoms with Crippen molar-refractivity contribution < 1.29 is 4.79 Å². The maximum absolute atomic E-state index is 13.1. The summed E-state index contributed by atoms with van der Waals surface area (Å²) in [4.78, 5) is 16.5. The minimum absolute atomic E-state index is 0.193. The Labute approximate surface area is 183 Å². The molecule has 30 heavy (non-hydrogen) atoms. The molecule has 2 heterocycles. The Balaban J connectivity index is 1.42. The molecule has 3 nitrogen and oxygen atoms in total. The van der Waals surface area contributed by atoms with Gasteiger partial charge in [-0.3, -0.25) is 4.79 Å². The van der Waals surface area contributed by atoms with Gasteiger partial charge in [0.1, 0.15) is 0 Å². The number of fused-ring (bicyclic) bond motifs is 3. The molecule has 1 aliphatic carbocycles. The molecule has 1 amide bonds. The predicted molar refractivity (Wildman–Crippen MR) is 125 cm³/mol. The van der Waals surface area contributed by atoms with Crippen LogP contribution in [0.3, 0.4) is 0 Å². The van der Waals surface area contributed by atoms with Crippen LogP contribution in [-0.4, -0.2) is 30.2 Å². The maximum Gasteiger partial charge on any atom is 0.253 e. The molecule has 2 aromatic rings. The smallest absolute Gasteiger partial charge is 0.253 e. The monoisotopic (exact) mass is 418 g/mol. The number of hydrogen-bond donors (Lipinski definition) is 1. The van der Waals surface area contributed by atoms with Crippen LogP contribution in [-0.2, 0) is 0 Å². The summed E-state index contributed by atoms with van der Waals surface area (Å²) in [5.74, 6) is 1.80. The summed E-state index contributed by atoms with van der Waals surface area (Å²) in [5.41, 5.74) is 4.64. The largest absolute Gasteiger partial charge is 0.378 e. The lowest BCUT2D eigenvalue weighted by atomic mass is 9.76. The third-order valence-corrected chi connectivity index (χ3v) is 7.90. The number of likely N-dealkylation sites (tertiary alicyclic amines) is 1. The molecule has 0 spiro atoms. The van der Waals surface area contributed by atoms with E-state index in [1.807, 2.05) is 11.0 Å². The molecule has 3 unspecified atom stereocenters. The Kier molecular flexibility index (Phi) is 5.36. The van der Waals surface area contributed by atoms with E-state index < -0.39 is 0 Å². The van der Waals surface area contributed by atoms with Crippen molar-refractivity contribution in [1.29, 1.82) is 0 Å².